The van der Waals surface area contributed by atoms with Crippen molar-refractivity contribution in [1.29, 1.82) is 0 Å². The van der Waals surface area contributed by atoms with Gasteiger partial charge in [0.05, 0.1) is 10.6 Å². The maximum atomic E-state index is 12.9. The number of nitrogens with one attached hydrogen (secondary N) is 1. The third kappa shape index (κ3) is 5.63. The first-order valence-electron chi connectivity index (χ1n) is 12.0. The number of rotatable bonds is 6. The van der Waals surface area contributed by atoms with Crippen LogP contribution in [0.25, 0.3) is 11.3 Å². The molecule has 5 rings (SSSR count). The van der Waals surface area contributed by atoms with Crippen molar-refractivity contribution in [3.8, 4) is 17.0 Å². The van der Waals surface area contributed by atoms with Gasteiger partial charge < -0.3 is 20.3 Å². The number of piperazine rings is 1. The van der Waals surface area contributed by atoms with E-state index in [4.69, 9.17) is 5.73 Å². The molecule has 2 aliphatic rings. The number of sulfonamides is 1. The second-order valence-electron chi connectivity index (χ2n) is 9.38. The fraction of sp³-hybridized carbons (Fsp3) is 0.360. The smallest absolute Gasteiger partial charge is 0.422 e. The van der Waals surface area contributed by atoms with Crippen molar-refractivity contribution in [2.75, 3.05) is 55.2 Å². The van der Waals surface area contributed by atoms with Crippen molar-refractivity contribution in [3.05, 3.63) is 53.6 Å². The number of likely N-dealkylation sites (N-methyl/N-ethyl adjacent to an activating group) is 1. The van der Waals surface area contributed by atoms with Gasteiger partial charge in [-0.25, -0.2) is 13.4 Å². The Hall–Kier alpha value is -3.58. The lowest BCUT2D eigenvalue weighted by Crippen LogP contribution is -2.45. The van der Waals surface area contributed by atoms with E-state index in [-0.39, 0.29) is 16.6 Å². The number of nitrogens with two attached hydrogens (primary N) is 1. The number of aryl methyl sites for hydroxylation is 1. The number of hydrogen-bond acceptors (Lipinski definition) is 8. The molecule has 3 N–H and O–H groups in total. The summed E-state index contributed by atoms with van der Waals surface area (Å²) in [6, 6.07) is 10.0. The molecule has 1 aromatic heterocycles. The third-order valence-corrected chi connectivity index (χ3v) is 8.00. The van der Waals surface area contributed by atoms with Crippen LogP contribution in [0.2, 0.25) is 0 Å². The van der Waals surface area contributed by atoms with Gasteiger partial charge in [-0.15, -0.1) is 0 Å². The van der Waals surface area contributed by atoms with Gasteiger partial charge in [0.15, 0.2) is 6.61 Å². The van der Waals surface area contributed by atoms with Crippen LogP contribution in [-0.2, 0) is 22.9 Å². The van der Waals surface area contributed by atoms with Gasteiger partial charge in [-0.05, 0) is 61.9 Å². The van der Waals surface area contributed by atoms with Gasteiger partial charge in [0, 0.05) is 43.0 Å². The van der Waals surface area contributed by atoms with Crippen molar-refractivity contribution in [1.82, 2.24) is 14.9 Å². The van der Waals surface area contributed by atoms with Crippen LogP contribution in [0.3, 0.4) is 0 Å². The Kier molecular flexibility index (Phi) is 6.82. The summed E-state index contributed by atoms with van der Waals surface area (Å²) in [5.41, 5.74) is 10.1. The van der Waals surface area contributed by atoms with Crippen LogP contribution < -0.4 is 20.1 Å². The van der Waals surface area contributed by atoms with E-state index in [1.165, 1.54) is 24.3 Å². The molecule has 0 atom stereocenters. The summed E-state index contributed by atoms with van der Waals surface area (Å²) in [4.78, 5) is 13.5. The lowest BCUT2D eigenvalue weighted by molar-refractivity contribution is -0.153. The molecule has 0 radical (unpaired) electrons. The summed E-state index contributed by atoms with van der Waals surface area (Å²) in [6.07, 6.45) is -3.11. The summed E-state index contributed by atoms with van der Waals surface area (Å²) in [7, 11) is -1.89. The van der Waals surface area contributed by atoms with Crippen LogP contribution in [0, 0.1) is 0 Å². The fourth-order valence-corrected chi connectivity index (χ4v) is 5.72. The Balaban J connectivity index is 1.36. The van der Waals surface area contributed by atoms with E-state index in [1.807, 2.05) is 6.07 Å². The quantitative estimate of drug-likeness (QED) is 0.483. The predicted molar refractivity (Wildman–Crippen MR) is 138 cm³/mol. The topological polar surface area (TPSA) is 114 Å². The zero-order valence-corrected chi connectivity index (χ0v) is 21.4. The number of alkyl halides is 3. The molecule has 2 aromatic carbocycles. The summed E-state index contributed by atoms with van der Waals surface area (Å²) in [6.45, 7) is 2.11. The molecule has 13 heteroatoms. The molecule has 2 heterocycles. The SMILES string of the molecule is CN1CCN(c2nc(N)nc3c2CCc2cc(NS(=O)(=O)c4ccc(OCC(F)(F)F)cc4)ccc2-3)CC1. The molecule has 1 fully saturated rings. The van der Waals surface area contributed by atoms with E-state index < -0.39 is 22.8 Å². The van der Waals surface area contributed by atoms with E-state index in [0.29, 0.717) is 18.5 Å². The number of hydrogen-bond donors (Lipinski definition) is 2. The molecule has 1 aliphatic carbocycles. The van der Waals surface area contributed by atoms with Crippen LogP contribution >= 0.6 is 0 Å². The molecule has 38 heavy (non-hydrogen) atoms. The van der Waals surface area contributed by atoms with E-state index in [1.54, 1.807) is 12.1 Å². The first kappa shape index (κ1) is 26.0. The molecule has 202 valence electrons. The Bertz CT molecular complexity index is 1440. The Morgan fingerprint density at radius 1 is 1.03 bits per heavy atom. The van der Waals surface area contributed by atoms with Gasteiger partial charge in [-0.1, -0.05) is 6.07 Å². The van der Waals surface area contributed by atoms with Crippen molar-refractivity contribution in [2.45, 2.75) is 23.9 Å². The zero-order chi connectivity index (χ0) is 27.1. The van der Waals surface area contributed by atoms with Crippen LogP contribution in [0.1, 0.15) is 11.1 Å². The molecule has 0 bridgehead atoms. The second kappa shape index (κ2) is 9.95. The minimum atomic E-state index is -4.48. The average molecular weight is 549 g/mol. The molecule has 0 saturated carbocycles. The number of fused-ring (bicyclic) bond motifs is 3. The first-order valence-corrected chi connectivity index (χ1v) is 13.5. The van der Waals surface area contributed by atoms with Gasteiger partial charge in [0.25, 0.3) is 10.0 Å². The third-order valence-electron chi connectivity index (χ3n) is 6.60. The van der Waals surface area contributed by atoms with Crippen molar-refractivity contribution < 1.29 is 26.3 Å². The molecule has 9 nitrogen and oxygen atoms in total. The van der Waals surface area contributed by atoms with E-state index >= 15 is 0 Å². The standard InChI is InChI=1S/C25H27F3N6O3S/c1-33-10-12-34(13-11-33)23-21-8-2-16-14-17(3-9-20(16)22(21)30-24(29)31-23)32-38(35,36)19-6-4-18(5-7-19)37-15-25(26,27)28/h3-7,9,14,32H,2,8,10-13,15H2,1H3,(H2,29,30,31). The van der Waals surface area contributed by atoms with Gasteiger partial charge in [-0.2, -0.15) is 18.2 Å². The van der Waals surface area contributed by atoms with E-state index in [9.17, 15) is 21.6 Å². The van der Waals surface area contributed by atoms with E-state index in [2.05, 4.69) is 36.3 Å². The Morgan fingerprint density at radius 3 is 2.42 bits per heavy atom. The largest absolute Gasteiger partial charge is 0.484 e. The number of anilines is 3. The van der Waals surface area contributed by atoms with Gasteiger partial charge in [0.2, 0.25) is 5.95 Å². The van der Waals surface area contributed by atoms with Gasteiger partial charge in [-0.3, -0.25) is 4.72 Å². The molecule has 1 aliphatic heterocycles. The summed E-state index contributed by atoms with van der Waals surface area (Å²) in [5.74, 6) is 0.975. The van der Waals surface area contributed by atoms with Crippen LogP contribution in [0.5, 0.6) is 5.75 Å². The van der Waals surface area contributed by atoms with Crippen molar-refractivity contribution in [2.24, 2.45) is 0 Å². The number of nitrogens with zero attached hydrogens (tertiary/aromatic N) is 4. The monoisotopic (exact) mass is 548 g/mol. The van der Waals surface area contributed by atoms with Crippen LogP contribution in [0.4, 0.5) is 30.6 Å². The number of ether oxygens (including phenoxy) is 1. The molecule has 0 unspecified atom stereocenters. The highest BCUT2D eigenvalue weighted by atomic mass is 32.2. The lowest BCUT2D eigenvalue weighted by atomic mass is 9.88. The van der Waals surface area contributed by atoms with Crippen molar-refractivity contribution in [3.63, 3.8) is 0 Å². The maximum absolute atomic E-state index is 12.9. The first-order chi connectivity index (χ1) is 18.0. The predicted octanol–water partition coefficient (Wildman–Crippen LogP) is 3.32. The lowest BCUT2D eigenvalue weighted by Gasteiger charge is -2.35. The Labute approximate surface area is 218 Å². The number of aromatic nitrogens is 2. The average Bonchev–Trinajstić information content (AvgIpc) is 2.87. The minimum absolute atomic E-state index is 0.0778. The summed E-state index contributed by atoms with van der Waals surface area (Å²) >= 11 is 0. The highest BCUT2D eigenvalue weighted by molar-refractivity contribution is 7.92. The second-order valence-corrected chi connectivity index (χ2v) is 11.1. The molecule has 0 amide bonds. The van der Waals surface area contributed by atoms with E-state index in [0.717, 1.165) is 54.4 Å². The Morgan fingerprint density at radius 2 is 1.74 bits per heavy atom. The van der Waals surface area contributed by atoms with Gasteiger partial charge in [0.1, 0.15) is 11.6 Å². The normalized spacial score (nSPS) is 16.1. The van der Waals surface area contributed by atoms with Gasteiger partial charge >= 0.3 is 6.18 Å². The summed E-state index contributed by atoms with van der Waals surface area (Å²) in [5, 5.41) is 0. The molecule has 1 saturated heterocycles. The van der Waals surface area contributed by atoms with Crippen molar-refractivity contribution >= 4 is 27.5 Å². The number of halogens is 3. The maximum Gasteiger partial charge on any atom is 0.422 e. The molecular formula is C25H27F3N6O3S. The highest BCUT2D eigenvalue weighted by Crippen LogP contribution is 2.38. The van der Waals surface area contributed by atoms with Crippen LogP contribution in [0.15, 0.2) is 47.4 Å². The molecular weight excluding hydrogens is 521 g/mol. The molecule has 3 aromatic rings. The van der Waals surface area contributed by atoms with Crippen LogP contribution in [-0.4, -0.2) is 69.3 Å². The zero-order valence-electron chi connectivity index (χ0n) is 20.6. The number of benzene rings is 2. The minimum Gasteiger partial charge on any atom is -0.484 e. The number of nitrogen functional groups attached to an aromatic ring is 1. The molecule has 0 spiro atoms. The highest BCUT2D eigenvalue weighted by Gasteiger charge is 2.29. The summed E-state index contributed by atoms with van der Waals surface area (Å²) < 4.78 is 70.0. The fourth-order valence-electron chi connectivity index (χ4n) is 4.67.